The third kappa shape index (κ3) is 3.29. The Morgan fingerprint density at radius 1 is 1.29 bits per heavy atom. The summed E-state index contributed by atoms with van der Waals surface area (Å²) in [4.78, 5) is 0. The number of aryl methyl sites for hydroxylation is 1. The maximum absolute atomic E-state index is 13.2. The average molecular weight is 235 g/mol. The second-order valence-corrected chi connectivity index (χ2v) is 5.35. The molecule has 1 atom stereocenters. The summed E-state index contributed by atoms with van der Waals surface area (Å²) in [5.74, 6) is 0.561. The molecule has 1 saturated carbocycles. The maximum atomic E-state index is 13.2. The van der Waals surface area contributed by atoms with Gasteiger partial charge in [0.15, 0.2) is 0 Å². The van der Waals surface area contributed by atoms with E-state index in [0.29, 0.717) is 0 Å². The quantitative estimate of drug-likeness (QED) is 0.838. The summed E-state index contributed by atoms with van der Waals surface area (Å²) in [5.41, 5.74) is 8.32. The topological polar surface area (TPSA) is 26.0 Å². The zero-order valence-electron chi connectivity index (χ0n) is 10.6. The molecule has 2 N–H and O–H groups in total. The molecule has 1 fully saturated rings. The minimum Gasteiger partial charge on any atom is -0.324 e. The first kappa shape index (κ1) is 12.6. The van der Waals surface area contributed by atoms with Gasteiger partial charge in [0.2, 0.25) is 0 Å². The van der Waals surface area contributed by atoms with Crippen molar-refractivity contribution < 1.29 is 4.39 Å². The van der Waals surface area contributed by atoms with Crippen LogP contribution in [-0.4, -0.2) is 0 Å². The van der Waals surface area contributed by atoms with E-state index in [2.05, 4.69) is 0 Å². The molecule has 1 aromatic rings. The molecule has 0 amide bonds. The number of benzene rings is 1. The van der Waals surface area contributed by atoms with Crippen LogP contribution in [0.3, 0.4) is 0 Å². The van der Waals surface area contributed by atoms with Crippen molar-refractivity contribution in [1.82, 2.24) is 0 Å². The molecule has 17 heavy (non-hydrogen) atoms. The highest BCUT2D eigenvalue weighted by molar-refractivity contribution is 5.29. The van der Waals surface area contributed by atoms with E-state index in [1.165, 1.54) is 38.2 Å². The predicted octanol–water partition coefficient (Wildman–Crippen LogP) is 4.10. The number of nitrogens with two attached hydrogens (primary N) is 1. The zero-order valence-corrected chi connectivity index (χ0v) is 10.6. The molecule has 1 nitrogen and oxygen atoms in total. The van der Waals surface area contributed by atoms with E-state index < -0.39 is 0 Å². The van der Waals surface area contributed by atoms with E-state index in [9.17, 15) is 4.39 Å². The van der Waals surface area contributed by atoms with Gasteiger partial charge in [0, 0.05) is 6.04 Å². The highest BCUT2D eigenvalue weighted by atomic mass is 19.1. The molecule has 0 bridgehead atoms. The van der Waals surface area contributed by atoms with Crippen molar-refractivity contribution in [3.63, 3.8) is 0 Å². The summed E-state index contributed by atoms with van der Waals surface area (Å²) in [7, 11) is 0. The van der Waals surface area contributed by atoms with Gasteiger partial charge in [0.05, 0.1) is 0 Å². The normalized spacial score (nSPS) is 19.2. The van der Waals surface area contributed by atoms with E-state index in [4.69, 9.17) is 5.73 Å². The largest absolute Gasteiger partial charge is 0.324 e. The fourth-order valence-corrected chi connectivity index (χ4v) is 2.92. The Bertz CT molecular complexity index is 369. The number of hydrogen-bond donors (Lipinski definition) is 1. The second kappa shape index (κ2) is 5.63. The van der Waals surface area contributed by atoms with Gasteiger partial charge in [-0.1, -0.05) is 38.2 Å². The lowest BCUT2D eigenvalue weighted by Crippen LogP contribution is -2.18. The number of hydrogen-bond acceptors (Lipinski definition) is 1. The van der Waals surface area contributed by atoms with Crippen LogP contribution in [0.1, 0.15) is 55.7 Å². The molecule has 1 aliphatic carbocycles. The van der Waals surface area contributed by atoms with Gasteiger partial charge in [-0.15, -0.1) is 0 Å². The van der Waals surface area contributed by atoms with Crippen LogP contribution >= 0.6 is 0 Å². The molecule has 0 radical (unpaired) electrons. The summed E-state index contributed by atoms with van der Waals surface area (Å²) in [6.45, 7) is 2.01. The third-order valence-corrected chi connectivity index (χ3v) is 3.95. The Kier molecular flexibility index (Phi) is 4.16. The van der Waals surface area contributed by atoms with Gasteiger partial charge in [-0.2, -0.15) is 0 Å². The zero-order chi connectivity index (χ0) is 12.3. The van der Waals surface area contributed by atoms with Gasteiger partial charge < -0.3 is 5.73 Å². The molecule has 2 rings (SSSR count). The maximum Gasteiger partial charge on any atom is 0.123 e. The first-order chi connectivity index (χ1) is 8.16. The van der Waals surface area contributed by atoms with Gasteiger partial charge in [0.25, 0.3) is 0 Å². The average Bonchev–Trinajstić information content (AvgIpc) is 2.33. The highest BCUT2D eigenvalue weighted by Gasteiger charge is 2.18. The van der Waals surface area contributed by atoms with Crippen molar-refractivity contribution >= 4 is 0 Å². The Hall–Kier alpha value is -0.890. The lowest BCUT2D eigenvalue weighted by Gasteiger charge is -2.25. The Labute approximate surface area is 103 Å². The Balaban J connectivity index is 2.02. The minimum absolute atomic E-state index is 0.00574. The lowest BCUT2D eigenvalue weighted by atomic mass is 9.83. The first-order valence-electron chi connectivity index (χ1n) is 6.68. The summed E-state index contributed by atoms with van der Waals surface area (Å²) < 4.78 is 13.2. The molecule has 94 valence electrons. The molecule has 1 unspecified atom stereocenters. The van der Waals surface area contributed by atoms with Gasteiger partial charge in [0.1, 0.15) is 5.82 Å². The monoisotopic (exact) mass is 235 g/mol. The van der Waals surface area contributed by atoms with Crippen molar-refractivity contribution in [2.24, 2.45) is 11.7 Å². The van der Waals surface area contributed by atoms with Crippen molar-refractivity contribution in [2.45, 2.75) is 51.5 Å². The van der Waals surface area contributed by atoms with E-state index >= 15 is 0 Å². The van der Waals surface area contributed by atoms with Crippen LogP contribution in [-0.2, 0) is 0 Å². The third-order valence-electron chi connectivity index (χ3n) is 3.95. The fourth-order valence-electron chi connectivity index (χ4n) is 2.92. The molecule has 0 spiro atoms. The standard InChI is InChI=1S/C15H22FN/c1-11-7-8-13(16)10-14(11)15(17)9-12-5-3-2-4-6-12/h7-8,10,12,15H,2-6,9,17H2,1H3. The highest BCUT2D eigenvalue weighted by Crippen LogP contribution is 2.31. The first-order valence-corrected chi connectivity index (χ1v) is 6.68. The molecule has 0 heterocycles. The molecule has 1 aliphatic rings. The molecule has 0 aliphatic heterocycles. The molecule has 0 saturated heterocycles. The van der Waals surface area contributed by atoms with Crippen LogP contribution in [0, 0.1) is 18.7 Å². The SMILES string of the molecule is Cc1ccc(F)cc1C(N)CC1CCCCC1. The predicted molar refractivity (Wildman–Crippen MR) is 69.3 cm³/mol. The van der Waals surface area contributed by atoms with Crippen LogP contribution in [0.2, 0.25) is 0 Å². The van der Waals surface area contributed by atoms with Crippen LogP contribution in [0.25, 0.3) is 0 Å². The van der Waals surface area contributed by atoms with Crippen LogP contribution in [0.5, 0.6) is 0 Å². The summed E-state index contributed by atoms with van der Waals surface area (Å²) in [6, 6.07) is 4.93. The molecule has 0 aromatic heterocycles. The van der Waals surface area contributed by atoms with E-state index in [1.54, 1.807) is 6.07 Å². The van der Waals surface area contributed by atoms with Gasteiger partial charge in [-0.05, 0) is 42.5 Å². The molecule has 2 heteroatoms. The lowest BCUT2D eigenvalue weighted by molar-refractivity contribution is 0.318. The summed E-state index contributed by atoms with van der Waals surface area (Å²) >= 11 is 0. The fraction of sp³-hybridized carbons (Fsp3) is 0.600. The van der Waals surface area contributed by atoms with E-state index in [1.807, 2.05) is 13.0 Å². The Morgan fingerprint density at radius 3 is 2.71 bits per heavy atom. The van der Waals surface area contributed by atoms with Crippen molar-refractivity contribution in [1.29, 1.82) is 0 Å². The van der Waals surface area contributed by atoms with Crippen molar-refractivity contribution in [3.05, 3.63) is 35.1 Å². The van der Waals surface area contributed by atoms with Crippen LogP contribution < -0.4 is 5.73 Å². The van der Waals surface area contributed by atoms with Crippen molar-refractivity contribution in [3.8, 4) is 0 Å². The van der Waals surface area contributed by atoms with E-state index in [-0.39, 0.29) is 11.9 Å². The molecular weight excluding hydrogens is 213 g/mol. The minimum atomic E-state index is -0.176. The van der Waals surface area contributed by atoms with Crippen molar-refractivity contribution in [2.75, 3.05) is 0 Å². The second-order valence-electron chi connectivity index (χ2n) is 5.35. The summed E-state index contributed by atoms with van der Waals surface area (Å²) in [5, 5.41) is 0. The van der Waals surface area contributed by atoms with Gasteiger partial charge >= 0.3 is 0 Å². The number of rotatable bonds is 3. The van der Waals surface area contributed by atoms with Crippen LogP contribution in [0.4, 0.5) is 4.39 Å². The molecule has 1 aromatic carbocycles. The smallest absolute Gasteiger partial charge is 0.123 e. The van der Waals surface area contributed by atoms with Crippen LogP contribution in [0.15, 0.2) is 18.2 Å². The number of halogens is 1. The Morgan fingerprint density at radius 2 is 2.00 bits per heavy atom. The summed E-state index contributed by atoms with van der Waals surface area (Å²) in [6.07, 6.45) is 7.62. The van der Waals surface area contributed by atoms with Gasteiger partial charge in [-0.3, -0.25) is 0 Å². The molecular formula is C15H22FN. The van der Waals surface area contributed by atoms with E-state index in [0.717, 1.165) is 23.5 Å². The van der Waals surface area contributed by atoms with Gasteiger partial charge in [-0.25, -0.2) is 4.39 Å².